The number of benzene rings is 1. The first-order valence-electron chi connectivity index (χ1n) is 6.33. The quantitative estimate of drug-likeness (QED) is 0.781. The molecule has 3 rings (SSSR count). The lowest BCUT2D eigenvalue weighted by Crippen LogP contribution is -2.10. The zero-order chi connectivity index (χ0) is 14.1. The summed E-state index contributed by atoms with van der Waals surface area (Å²) in [5.41, 5.74) is 9.17. The van der Waals surface area contributed by atoms with Crippen LogP contribution in [0, 0.1) is 18.3 Å². The average Bonchev–Trinajstić information content (AvgIpc) is 2.99. The Morgan fingerprint density at radius 3 is 2.90 bits per heavy atom. The number of hydrogen-bond acceptors (Lipinski definition) is 4. The molecule has 2 N–H and O–H groups in total. The molecule has 0 amide bonds. The van der Waals surface area contributed by atoms with Gasteiger partial charge in [-0.25, -0.2) is 4.98 Å². The largest absolute Gasteiger partial charge is 0.369 e. The molecule has 0 spiro atoms. The Morgan fingerprint density at radius 1 is 1.35 bits per heavy atom. The number of para-hydroxylation sites is 1. The van der Waals surface area contributed by atoms with E-state index in [0.29, 0.717) is 30.1 Å². The van der Waals surface area contributed by atoms with E-state index in [0.717, 1.165) is 11.1 Å². The van der Waals surface area contributed by atoms with Crippen LogP contribution in [0.3, 0.4) is 0 Å². The van der Waals surface area contributed by atoms with Crippen molar-refractivity contribution in [1.29, 1.82) is 5.26 Å². The van der Waals surface area contributed by atoms with Gasteiger partial charge in [0.25, 0.3) is 0 Å². The van der Waals surface area contributed by atoms with Crippen LogP contribution in [0.2, 0.25) is 0 Å². The summed E-state index contributed by atoms with van der Waals surface area (Å²) in [6.45, 7) is 3.38. The molecule has 2 aromatic heterocycles. The standard InChI is InChI=1S/C14H14N6/c1-10-8-17-19(9-10)5-6-20-12-4-2-3-11(7-15)13(12)18-14(20)16/h2-4,8-9H,5-6H2,1H3,(H2,16,18). The molecular weight excluding hydrogens is 252 g/mol. The van der Waals surface area contributed by atoms with Crippen LogP contribution < -0.4 is 5.73 Å². The van der Waals surface area contributed by atoms with Crippen molar-refractivity contribution in [3.05, 3.63) is 41.7 Å². The summed E-state index contributed by atoms with van der Waals surface area (Å²) in [6.07, 6.45) is 3.80. The van der Waals surface area contributed by atoms with Crippen molar-refractivity contribution in [1.82, 2.24) is 19.3 Å². The minimum absolute atomic E-state index is 0.423. The highest BCUT2D eigenvalue weighted by Gasteiger charge is 2.11. The van der Waals surface area contributed by atoms with Gasteiger partial charge in [-0.15, -0.1) is 0 Å². The van der Waals surface area contributed by atoms with Crippen LogP contribution in [0.5, 0.6) is 0 Å². The molecule has 0 unspecified atom stereocenters. The van der Waals surface area contributed by atoms with E-state index in [-0.39, 0.29) is 0 Å². The van der Waals surface area contributed by atoms with Crippen LogP contribution in [0.15, 0.2) is 30.6 Å². The van der Waals surface area contributed by atoms with Gasteiger partial charge in [-0.3, -0.25) is 4.68 Å². The van der Waals surface area contributed by atoms with Crippen molar-refractivity contribution >= 4 is 17.0 Å². The second-order valence-electron chi connectivity index (χ2n) is 4.69. The number of nitriles is 1. The molecule has 6 heteroatoms. The minimum atomic E-state index is 0.423. The number of nitrogens with zero attached hydrogens (tertiary/aromatic N) is 5. The number of imidazole rings is 1. The summed E-state index contributed by atoms with van der Waals surface area (Å²) < 4.78 is 3.78. The van der Waals surface area contributed by atoms with Crippen molar-refractivity contribution in [2.45, 2.75) is 20.0 Å². The highest BCUT2D eigenvalue weighted by molar-refractivity contribution is 5.83. The van der Waals surface area contributed by atoms with Crippen LogP contribution in [-0.4, -0.2) is 19.3 Å². The molecule has 3 aromatic rings. The Balaban J connectivity index is 1.95. The van der Waals surface area contributed by atoms with Gasteiger partial charge in [-0.05, 0) is 24.6 Å². The molecule has 0 atom stereocenters. The first kappa shape index (κ1) is 12.2. The first-order chi connectivity index (χ1) is 9.69. The Bertz CT molecular complexity index is 805. The maximum absolute atomic E-state index is 9.09. The highest BCUT2D eigenvalue weighted by atomic mass is 15.3. The number of anilines is 1. The van der Waals surface area contributed by atoms with E-state index in [4.69, 9.17) is 11.0 Å². The Labute approximate surface area is 116 Å². The van der Waals surface area contributed by atoms with Gasteiger partial charge in [0.05, 0.1) is 23.8 Å². The SMILES string of the molecule is Cc1cnn(CCn2c(N)nc3c(C#N)cccc32)c1. The van der Waals surface area contributed by atoms with Gasteiger partial charge in [0.1, 0.15) is 11.6 Å². The third-order valence-electron chi connectivity index (χ3n) is 3.24. The van der Waals surface area contributed by atoms with E-state index < -0.39 is 0 Å². The molecule has 0 aliphatic heterocycles. The normalized spacial score (nSPS) is 10.8. The number of aromatic nitrogens is 4. The number of aryl methyl sites for hydroxylation is 3. The zero-order valence-electron chi connectivity index (χ0n) is 11.1. The number of nitrogen functional groups attached to an aromatic ring is 1. The van der Waals surface area contributed by atoms with E-state index in [1.165, 1.54) is 0 Å². The number of hydrogen-bond donors (Lipinski definition) is 1. The molecule has 0 radical (unpaired) electrons. The monoisotopic (exact) mass is 266 g/mol. The molecule has 0 saturated heterocycles. The Hall–Kier alpha value is -2.81. The number of fused-ring (bicyclic) bond motifs is 1. The van der Waals surface area contributed by atoms with Crippen LogP contribution in [0.4, 0.5) is 5.95 Å². The molecule has 0 aliphatic carbocycles. The second-order valence-corrected chi connectivity index (χ2v) is 4.69. The van der Waals surface area contributed by atoms with E-state index in [1.54, 1.807) is 6.07 Å². The summed E-state index contributed by atoms with van der Waals surface area (Å²) in [7, 11) is 0. The van der Waals surface area contributed by atoms with Gasteiger partial charge in [0, 0.05) is 12.7 Å². The van der Waals surface area contributed by atoms with E-state index >= 15 is 0 Å². The molecule has 2 heterocycles. The van der Waals surface area contributed by atoms with Crippen LogP contribution in [0.25, 0.3) is 11.0 Å². The molecule has 1 aromatic carbocycles. The molecule has 0 saturated carbocycles. The Morgan fingerprint density at radius 2 is 2.20 bits per heavy atom. The minimum Gasteiger partial charge on any atom is -0.369 e. The topological polar surface area (TPSA) is 85.4 Å². The molecule has 0 aliphatic rings. The van der Waals surface area contributed by atoms with Crippen LogP contribution >= 0.6 is 0 Å². The summed E-state index contributed by atoms with van der Waals surface area (Å²) in [6, 6.07) is 7.65. The van der Waals surface area contributed by atoms with Crippen molar-refractivity contribution in [2.24, 2.45) is 0 Å². The molecule has 6 nitrogen and oxygen atoms in total. The fourth-order valence-corrected chi connectivity index (χ4v) is 2.28. The Kier molecular flexibility index (Phi) is 2.88. The van der Waals surface area contributed by atoms with Crippen LogP contribution in [-0.2, 0) is 13.1 Å². The smallest absolute Gasteiger partial charge is 0.201 e. The third-order valence-corrected chi connectivity index (χ3v) is 3.24. The van der Waals surface area contributed by atoms with Gasteiger partial charge in [0.2, 0.25) is 5.95 Å². The van der Waals surface area contributed by atoms with Crippen LogP contribution in [0.1, 0.15) is 11.1 Å². The molecule has 100 valence electrons. The molecule has 0 fully saturated rings. The lowest BCUT2D eigenvalue weighted by atomic mass is 10.2. The molecular formula is C14H14N6. The van der Waals surface area contributed by atoms with E-state index in [1.807, 2.05) is 40.7 Å². The van der Waals surface area contributed by atoms with Crippen molar-refractivity contribution in [3.8, 4) is 6.07 Å². The predicted octanol–water partition coefficient (Wildman–Crippen LogP) is 1.70. The van der Waals surface area contributed by atoms with Gasteiger partial charge in [-0.2, -0.15) is 10.4 Å². The van der Waals surface area contributed by atoms with Gasteiger partial charge >= 0.3 is 0 Å². The summed E-state index contributed by atoms with van der Waals surface area (Å²) in [4.78, 5) is 4.29. The third kappa shape index (κ3) is 1.99. The summed E-state index contributed by atoms with van der Waals surface area (Å²) in [5, 5.41) is 13.3. The van der Waals surface area contributed by atoms with Crippen molar-refractivity contribution < 1.29 is 0 Å². The van der Waals surface area contributed by atoms with Gasteiger partial charge < -0.3 is 10.3 Å². The van der Waals surface area contributed by atoms with Gasteiger partial charge in [-0.1, -0.05) is 6.07 Å². The zero-order valence-corrected chi connectivity index (χ0v) is 11.1. The average molecular weight is 266 g/mol. The number of rotatable bonds is 3. The lowest BCUT2D eigenvalue weighted by Gasteiger charge is -2.06. The van der Waals surface area contributed by atoms with Crippen molar-refractivity contribution in [2.75, 3.05) is 5.73 Å². The fourth-order valence-electron chi connectivity index (χ4n) is 2.28. The van der Waals surface area contributed by atoms with E-state index in [2.05, 4.69) is 16.2 Å². The lowest BCUT2D eigenvalue weighted by molar-refractivity contribution is 0.544. The number of nitrogens with two attached hydrogens (primary N) is 1. The highest BCUT2D eigenvalue weighted by Crippen LogP contribution is 2.21. The van der Waals surface area contributed by atoms with Gasteiger partial charge in [0.15, 0.2) is 0 Å². The van der Waals surface area contributed by atoms with Crippen molar-refractivity contribution in [3.63, 3.8) is 0 Å². The fraction of sp³-hybridized carbons (Fsp3) is 0.214. The predicted molar refractivity (Wildman–Crippen MR) is 75.8 cm³/mol. The summed E-state index contributed by atoms with van der Waals surface area (Å²) in [5.74, 6) is 0.423. The molecule has 20 heavy (non-hydrogen) atoms. The maximum atomic E-state index is 9.09. The molecule has 0 bridgehead atoms. The summed E-state index contributed by atoms with van der Waals surface area (Å²) >= 11 is 0. The first-order valence-corrected chi connectivity index (χ1v) is 6.33. The maximum Gasteiger partial charge on any atom is 0.201 e. The van der Waals surface area contributed by atoms with E-state index in [9.17, 15) is 0 Å². The second kappa shape index (κ2) is 4.70.